The Morgan fingerprint density at radius 2 is 0.592 bits per heavy atom. The van der Waals surface area contributed by atoms with Crippen LogP contribution in [0.25, 0.3) is 33.4 Å². The lowest BCUT2D eigenvalue weighted by molar-refractivity contribution is 0.662. The predicted octanol–water partition coefficient (Wildman–Crippen LogP) is 16.2. The van der Waals surface area contributed by atoms with E-state index in [9.17, 15) is 0 Å². The first-order valence-electron chi connectivity index (χ1n) is 25.8. The SMILES string of the molecule is C=C1CCCCC/C(c2ccc([Si](c3ccccc3)(c3ccccc3)c3ccccc3)cc2)=C2/CCCCC2=C1c1ccc(N(c2ccc(-c3ccccc3)cc2)c2ccc(-c3ccccc3)cc2)cc1. The number of benzene rings is 9. The molecule has 1 fully saturated rings. The number of fused-ring (bicyclic) bond motifs is 1. The van der Waals surface area contributed by atoms with Crippen LogP contribution in [0.4, 0.5) is 17.1 Å². The van der Waals surface area contributed by atoms with Gasteiger partial charge in [0.05, 0.1) is 0 Å². The Labute approximate surface area is 422 Å². The van der Waals surface area contributed by atoms with Gasteiger partial charge in [-0.3, -0.25) is 0 Å². The maximum Gasteiger partial charge on any atom is 0.179 e. The fourth-order valence-corrected chi connectivity index (χ4v) is 16.3. The molecule has 0 N–H and O–H groups in total. The van der Waals surface area contributed by atoms with Crippen molar-refractivity contribution in [2.45, 2.75) is 57.8 Å². The zero-order valence-corrected chi connectivity index (χ0v) is 41.7. The first-order chi connectivity index (χ1) is 35.1. The number of anilines is 3. The lowest BCUT2D eigenvalue weighted by atomic mass is 9.76. The molecule has 11 rings (SSSR count). The van der Waals surface area contributed by atoms with Gasteiger partial charge in [0.2, 0.25) is 0 Å². The summed E-state index contributed by atoms with van der Waals surface area (Å²) >= 11 is 0. The van der Waals surface area contributed by atoms with Crippen LogP contribution in [0.15, 0.2) is 272 Å². The zero-order valence-electron chi connectivity index (χ0n) is 40.7. The van der Waals surface area contributed by atoms with Crippen molar-refractivity contribution in [2.75, 3.05) is 4.90 Å². The first kappa shape index (κ1) is 45.6. The highest BCUT2D eigenvalue weighted by Crippen LogP contribution is 2.45. The number of hydrogen-bond acceptors (Lipinski definition) is 1. The second kappa shape index (κ2) is 21.1. The Bertz CT molecular complexity index is 3090. The van der Waals surface area contributed by atoms with Crippen LogP contribution in [0.3, 0.4) is 0 Å². The van der Waals surface area contributed by atoms with Crippen molar-refractivity contribution >= 4 is 57.0 Å². The lowest BCUT2D eigenvalue weighted by Gasteiger charge is -2.34. The van der Waals surface area contributed by atoms with E-state index in [1.54, 1.807) is 5.57 Å². The van der Waals surface area contributed by atoms with Gasteiger partial charge in [0, 0.05) is 17.1 Å². The summed E-state index contributed by atoms with van der Waals surface area (Å²) < 4.78 is 0. The van der Waals surface area contributed by atoms with Gasteiger partial charge in [-0.15, -0.1) is 0 Å². The van der Waals surface area contributed by atoms with Gasteiger partial charge < -0.3 is 4.90 Å². The van der Waals surface area contributed by atoms with Gasteiger partial charge in [0.25, 0.3) is 0 Å². The third-order valence-electron chi connectivity index (χ3n) is 15.1. The molecule has 2 heteroatoms. The summed E-state index contributed by atoms with van der Waals surface area (Å²) in [6.07, 6.45) is 10.3. The van der Waals surface area contributed by atoms with E-state index in [0.717, 1.165) is 49.2 Å². The first-order valence-corrected chi connectivity index (χ1v) is 27.8. The quantitative estimate of drug-likeness (QED) is 0.0923. The molecule has 0 bridgehead atoms. The Kier molecular flexibility index (Phi) is 13.5. The largest absolute Gasteiger partial charge is 0.311 e. The summed E-state index contributed by atoms with van der Waals surface area (Å²) in [5.74, 6) is 0. The second-order valence-electron chi connectivity index (χ2n) is 19.3. The fraction of sp³-hybridized carbons (Fsp3) is 0.130. The molecule has 2 aliphatic rings. The van der Waals surface area contributed by atoms with Crippen LogP contribution in [0, 0.1) is 0 Å². The lowest BCUT2D eigenvalue weighted by Crippen LogP contribution is -2.74. The molecule has 0 spiro atoms. The molecule has 0 unspecified atom stereocenters. The molecule has 71 heavy (non-hydrogen) atoms. The molecule has 0 atom stereocenters. The van der Waals surface area contributed by atoms with Crippen molar-refractivity contribution in [3.05, 3.63) is 283 Å². The Morgan fingerprint density at radius 3 is 1.04 bits per heavy atom. The fourth-order valence-electron chi connectivity index (χ4n) is 11.6. The monoisotopic (exact) mass is 931 g/mol. The topological polar surface area (TPSA) is 3.24 Å². The highest BCUT2D eigenvalue weighted by molar-refractivity contribution is 7.19. The van der Waals surface area contributed by atoms with E-state index in [1.807, 2.05) is 0 Å². The van der Waals surface area contributed by atoms with Gasteiger partial charge in [-0.2, -0.15) is 0 Å². The van der Waals surface area contributed by atoms with Crippen LogP contribution in [0.1, 0.15) is 68.9 Å². The van der Waals surface area contributed by atoms with E-state index < -0.39 is 8.07 Å². The van der Waals surface area contributed by atoms with Gasteiger partial charge in [0.15, 0.2) is 8.07 Å². The highest BCUT2D eigenvalue weighted by atomic mass is 28.3. The van der Waals surface area contributed by atoms with E-state index in [-0.39, 0.29) is 0 Å². The molecule has 346 valence electrons. The molecule has 0 aliphatic heterocycles. The standard InChI is InChI=1S/C69H61NSi/c1-52-22-8-2-19-33-66(57-42-50-65(51-43-57)71(62-27-13-5-14-28-62,63-29-15-6-16-30-63)64-31-17-7-18-32-64)67-34-20-21-35-68(67)69(52)58-40-48-61(49-41-58)70(59-44-36-55(37-45-59)53-23-9-3-10-24-53)60-46-38-56(39-47-60)54-25-11-4-12-26-54/h3-7,9-18,23-32,36-51H,1-2,8,19-22,33-35H2/b67-66+,69-68?. The van der Waals surface area contributed by atoms with Crippen molar-refractivity contribution in [3.8, 4) is 22.3 Å². The van der Waals surface area contributed by atoms with Crippen molar-refractivity contribution in [1.82, 2.24) is 0 Å². The summed E-state index contributed by atoms with van der Waals surface area (Å²) in [6, 6.07) is 92.5. The van der Waals surface area contributed by atoms with Gasteiger partial charge in [0.1, 0.15) is 0 Å². The summed E-state index contributed by atoms with van der Waals surface area (Å²) in [5.41, 5.74) is 18.1. The maximum absolute atomic E-state index is 4.89. The normalized spacial score (nSPS) is 15.5. The van der Waals surface area contributed by atoms with Crippen LogP contribution in [0.2, 0.25) is 0 Å². The molecule has 0 amide bonds. The van der Waals surface area contributed by atoms with Gasteiger partial charge in [-0.1, -0.05) is 225 Å². The molecule has 0 aromatic heterocycles. The van der Waals surface area contributed by atoms with Crippen molar-refractivity contribution < 1.29 is 0 Å². The minimum absolute atomic E-state index is 1.02. The number of allylic oxidation sites excluding steroid dienone is 5. The Balaban J connectivity index is 0.999. The predicted molar refractivity (Wildman–Crippen MR) is 307 cm³/mol. The average molecular weight is 932 g/mol. The molecule has 2 aliphatic carbocycles. The summed E-state index contributed by atoms with van der Waals surface area (Å²) in [5, 5.41) is 5.63. The summed E-state index contributed by atoms with van der Waals surface area (Å²) in [6.45, 7) is 4.89. The molecular formula is C69H61NSi. The van der Waals surface area contributed by atoms with Crippen molar-refractivity contribution in [1.29, 1.82) is 0 Å². The maximum atomic E-state index is 4.89. The van der Waals surface area contributed by atoms with E-state index in [1.165, 1.54) is 102 Å². The van der Waals surface area contributed by atoms with Crippen LogP contribution in [0.5, 0.6) is 0 Å². The molecule has 1 nitrogen and oxygen atoms in total. The molecule has 0 radical (unpaired) electrons. The van der Waals surface area contributed by atoms with E-state index in [2.05, 4.69) is 254 Å². The van der Waals surface area contributed by atoms with Crippen LogP contribution in [-0.2, 0) is 0 Å². The average Bonchev–Trinajstić information content (AvgIpc) is 3.45. The van der Waals surface area contributed by atoms with Gasteiger partial charge >= 0.3 is 0 Å². The van der Waals surface area contributed by atoms with Gasteiger partial charge in [-0.25, -0.2) is 0 Å². The molecular weight excluding hydrogens is 871 g/mol. The van der Waals surface area contributed by atoms with Gasteiger partial charge in [-0.05, 0) is 170 Å². The number of rotatable bonds is 11. The van der Waals surface area contributed by atoms with E-state index >= 15 is 0 Å². The van der Waals surface area contributed by atoms with Crippen LogP contribution >= 0.6 is 0 Å². The second-order valence-corrected chi connectivity index (χ2v) is 23.1. The summed E-state index contributed by atoms with van der Waals surface area (Å²) in [7, 11) is -2.63. The molecule has 9 aromatic carbocycles. The van der Waals surface area contributed by atoms with Crippen LogP contribution in [-0.4, -0.2) is 8.07 Å². The number of hydrogen-bond donors (Lipinski definition) is 0. The summed E-state index contributed by atoms with van der Waals surface area (Å²) in [4.78, 5) is 2.39. The smallest absolute Gasteiger partial charge is 0.179 e. The third kappa shape index (κ3) is 9.36. The molecule has 0 heterocycles. The van der Waals surface area contributed by atoms with E-state index in [0.29, 0.717) is 0 Å². The van der Waals surface area contributed by atoms with Crippen molar-refractivity contribution in [2.24, 2.45) is 0 Å². The highest BCUT2D eigenvalue weighted by Gasteiger charge is 2.41. The third-order valence-corrected chi connectivity index (χ3v) is 19.9. The minimum Gasteiger partial charge on any atom is -0.311 e. The molecule has 0 saturated heterocycles. The molecule has 9 aromatic rings. The van der Waals surface area contributed by atoms with Crippen LogP contribution < -0.4 is 25.6 Å². The zero-order chi connectivity index (χ0) is 47.8. The Morgan fingerprint density at radius 1 is 0.268 bits per heavy atom. The Hall–Kier alpha value is -7.78. The van der Waals surface area contributed by atoms with E-state index in [4.69, 9.17) is 6.58 Å². The van der Waals surface area contributed by atoms with Crippen molar-refractivity contribution in [3.63, 3.8) is 0 Å². The molecule has 1 saturated carbocycles. The number of nitrogens with zero attached hydrogens (tertiary/aromatic N) is 1. The minimum atomic E-state index is -2.63.